The lowest BCUT2D eigenvalue weighted by Gasteiger charge is -2.36. The smallest absolute Gasteiger partial charge is 0.245 e. The molecule has 0 unspecified atom stereocenters. The first kappa shape index (κ1) is 28.3. The Bertz CT molecular complexity index is 1690. The second kappa shape index (κ2) is 11.5. The fourth-order valence-corrected chi connectivity index (χ4v) is 7.74. The highest BCUT2D eigenvalue weighted by atomic mass is 32.2. The third-order valence-corrected chi connectivity index (χ3v) is 10.3. The van der Waals surface area contributed by atoms with Gasteiger partial charge in [-0.3, -0.25) is 0 Å². The molecular weight excluding hydrogens is 561 g/mol. The summed E-state index contributed by atoms with van der Waals surface area (Å²) < 4.78 is 78.9. The first-order valence-electron chi connectivity index (χ1n) is 14.1. The van der Waals surface area contributed by atoms with E-state index < -0.39 is 27.5 Å². The lowest BCUT2D eigenvalue weighted by atomic mass is 9.83. The van der Waals surface area contributed by atoms with E-state index >= 15 is 0 Å². The first-order chi connectivity index (χ1) is 20.2. The summed E-state index contributed by atoms with van der Waals surface area (Å²) in [5.74, 6) is -1.98. The number of benzene rings is 4. The minimum Gasteiger partial charge on any atom is -0.453 e. The van der Waals surface area contributed by atoms with Crippen molar-refractivity contribution >= 4 is 21.4 Å². The average Bonchev–Trinajstić information content (AvgIpc) is 3.08. The van der Waals surface area contributed by atoms with Crippen LogP contribution in [0, 0.1) is 23.4 Å². The molecule has 1 aliphatic carbocycles. The van der Waals surface area contributed by atoms with Crippen LogP contribution in [0.2, 0.25) is 0 Å². The third kappa shape index (κ3) is 5.39. The van der Waals surface area contributed by atoms with E-state index in [0.717, 1.165) is 56.0 Å². The number of halogens is 3. The van der Waals surface area contributed by atoms with Crippen molar-refractivity contribution < 1.29 is 26.3 Å². The van der Waals surface area contributed by atoms with Gasteiger partial charge in [-0.1, -0.05) is 49.6 Å². The standard InChI is InChI=1S/C33H31F3N2O3S/c1-37-30(23-8-4-2-5-9-23)21-38(26-10-6-3-7-11-26)29-20-31(41-32-18-25(35)16-17-28(32)36)27(19-33(29)42(37,39)40)22-12-14-24(34)15-13-22/h3,6-7,10-20,23,30H,2,4-5,8-9,21H2,1H3/t30-/m0/s1. The van der Waals surface area contributed by atoms with E-state index in [2.05, 4.69) is 0 Å². The summed E-state index contributed by atoms with van der Waals surface area (Å²) in [5, 5.41) is 0. The second-order valence-electron chi connectivity index (χ2n) is 10.9. The SMILES string of the molecule is CN1[C@H](C2CCCCC2)CN(c2ccccc2)c2cc(Oc3cc(F)ccc3F)c(-c3ccc(F)cc3)cc2S1(=O)=O. The van der Waals surface area contributed by atoms with Crippen molar-refractivity contribution in [2.45, 2.75) is 43.0 Å². The molecule has 0 N–H and O–H groups in total. The lowest BCUT2D eigenvalue weighted by molar-refractivity contribution is 0.218. The highest BCUT2D eigenvalue weighted by Crippen LogP contribution is 2.46. The van der Waals surface area contributed by atoms with Crippen molar-refractivity contribution in [3.05, 3.63) is 102 Å². The van der Waals surface area contributed by atoms with E-state index in [1.807, 2.05) is 35.2 Å². The van der Waals surface area contributed by atoms with E-state index in [1.165, 1.54) is 34.6 Å². The van der Waals surface area contributed by atoms with Crippen LogP contribution in [0.3, 0.4) is 0 Å². The molecule has 42 heavy (non-hydrogen) atoms. The molecule has 0 spiro atoms. The van der Waals surface area contributed by atoms with E-state index in [9.17, 15) is 21.6 Å². The number of hydrogen-bond donors (Lipinski definition) is 0. The summed E-state index contributed by atoms with van der Waals surface area (Å²) in [6.07, 6.45) is 5.13. The van der Waals surface area contributed by atoms with Crippen LogP contribution in [0.4, 0.5) is 24.5 Å². The van der Waals surface area contributed by atoms with Gasteiger partial charge in [0.2, 0.25) is 10.0 Å². The average molecular weight is 593 g/mol. The summed E-state index contributed by atoms with van der Waals surface area (Å²) in [4.78, 5) is 2.03. The van der Waals surface area contributed by atoms with Crippen molar-refractivity contribution in [3.8, 4) is 22.6 Å². The molecule has 218 valence electrons. The maximum atomic E-state index is 14.8. The van der Waals surface area contributed by atoms with Gasteiger partial charge in [-0.2, -0.15) is 4.31 Å². The van der Waals surface area contributed by atoms with Gasteiger partial charge < -0.3 is 9.64 Å². The molecule has 1 saturated carbocycles. The molecule has 1 aliphatic heterocycles. The quantitative estimate of drug-likeness (QED) is 0.234. The molecule has 1 atom stereocenters. The second-order valence-corrected chi connectivity index (χ2v) is 12.9. The predicted octanol–water partition coefficient (Wildman–Crippen LogP) is 8.28. The highest BCUT2D eigenvalue weighted by Gasteiger charge is 2.41. The molecule has 2 aliphatic rings. The van der Waals surface area contributed by atoms with Crippen molar-refractivity contribution in [1.82, 2.24) is 4.31 Å². The van der Waals surface area contributed by atoms with E-state index in [1.54, 1.807) is 13.1 Å². The molecule has 0 saturated heterocycles. The topological polar surface area (TPSA) is 49.9 Å². The Balaban J connectivity index is 1.59. The van der Waals surface area contributed by atoms with Gasteiger partial charge in [-0.15, -0.1) is 0 Å². The molecule has 6 rings (SSSR count). The number of anilines is 2. The molecule has 0 bridgehead atoms. The zero-order chi connectivity index (χ0) is 29.4. The maximum absolute atomic E-state index is 14.8. The predicted molar refractivity (Wildman–Crippen MR) is 157 cm³/mol. The van der Waals surface area contributed by atoms with E-state index in [0.29, 0.717) is 23.4 Å². The number of hydrogen-bond acceptors (Lipinski definition) is 4. The third-order valence-electron chi connectivity index (χ3n) is 8.38. The normalized spacial score (nSPS) is 19.2. The van der Waals surface area contributed by atoms with Crippen LogP contribution in [0.25, 0.3) is 11.1 Å². The summed E-state index contributed by atoms with van der Waals surface area (Å²) >= 11 is 0. The van der Waals surface area contributed by atoms with Gasteiger partial charge in [-0.05, 0) is 66.8 Å². The molecule has 0 amide bonds. The number of para-hydroxylation sites is 1. The number of rotatable bonds is 5. The maximum Gasteiger partial charge on any atom is 0.245 e. The molecule has 0 aromatic heterocycles. The molecular formula is C33H31F3N2O3S. The molecule has 5 nitrogen and oxygen atoms in total. The number of fused-ring (bicyclic) bond motifs is 1. The van der Waals surface area contributed by atoms with Crippen molar-refractivity contribution in [1.29, 1.82) is 0 Å². The van der Waals surface area contributed by atoms with E-state index in [4.69, 9.17) is 4.74 Å². The Labute approximate surface area is 244 Å². The lowest BCUT2D eigenvalue weighted by Crippen LogP contribution is -2.46. The van der Waals surface area contributed by atoms with Gasteiger partial charge in [-0.25, -0.2) is 21.6 Å². The van der Waals surface area contributed by atoms with Gasteiger partial charge in [0.1, 0.15) is 22.3 Å². The van der Waals surface area contributed by atoms with Gasteiger partial charge in [0.25, 0.3) is 0 Å². The first-order valence-corrected chi connectivity index (χ1v) is 15.5. The Morgan fingerprint density at radius 2 is 1.48 bits per heavy atom. The minimum atomic E-state index is -4.01. The molecule has 4 aromatic rings. The fraction of sp³-hybridized carbons (Fsp3) is 0.273. The van der Waals surface area contributed by atoms with Crippen LogP contribution in [-0.4, -0.2) is 32.4 Å². The number of sulfonamides is 1. The summed E-state index contributed by atoms with van der Waals surface area (Å²) in [5.41, 5.74) is 1.92. The van der Waals surface area contributed by atoms with Gasteiger partial charge in [0, 0.05) is 43.0 Å². The molecule has 4 aromatic carbocycles. The molecule has 0 radical (unpaired) electrons. The number of ether oxygens (including phenoxy) is 1. The summed E-state index contributed by atoms with van der Waals surface area (Å²) in [6.45, 7) is 0.404. The van der Waals surface area contributed by atoms with Gasteiger partial charge in [0.05, 0.1) is 5.69 Å². The minimum absolute atomic E-state index is 0.0542. The van der Waals surface area contributed by atoms with Gasteiger partial charge in [0.15, 0.2) is 11.6 Å². The Morgan fingerprint density at radius 3 is 2.19 bits per heavy atom. The van der Waals surface area contributed by atoms with Crippen LogP contribution in [0.1, 0.15) is 32.1 Å². The summed E-state index contributed by atoms with van der Waals surface area (Å²) in [6, 6.07) is 20.7. The number of nitrogens with zero attached hydrogens (tertiary/aromatic N) is 2. The molecule has 1 fully saturated rings. The van der Waals surface area contributed by atoms with Crippen LogP contribution < -0.4 is 9.64 Å². The van der Waals surface area contributed by atoms with Crippen LogP contribution in [0.15, 0.2) is 89.8 Å². The van der Waals surface area contributed by atoms with Crippen LogP contribution in [-0.2, 0) is 10.0 Å². The zero-order valence-electron chi connectivity index (χ0n) is 23.1. The monoisotopic (exact) mass is 592 g/mol. The largest absolute Gasteiger partial charge is 0.453 e. The molecule has 9 heteroatoms. The van der Waals surface area contributed by atoms with Gasteiger partial charge >= 0.3 is 0 Å². The summed E-state index contributed by atoms with van der Waals surface area (Å²) in [7, 11) is -2.38. The Morgan fingerprint density at radius 1 is 0.786 bits per heavy atom. The highest BCUT2D eigenvalue weighted by molar-refractivity contribution is 7.89. The number of likely N-dealkylation sites (N-methyl/N-ethyl adjacent to an activating group) is 1. The Hall–Kier alpha value is -3.82. The van der Waals surface area contributed by atoms with Crippen molar-refractivity contribution in [2.75, 3.05) is 18.5 Å². The fourth-order valence-electron chi connectivity index (χ4n) is 6.13. The zero-order valence-corrected chi connectivity index (χ0v) is 24.0. The van der Waals surface area contributed by atoms with Crippen LogP contribution >= 0.6 is 0 Å². The Kier molecular flexibility index (Phi) is 7.72. The van der Waals surface area contributed by atoms with Crippen molar-refractivity contribution in [3.63, 3.8) is 0 Å². The van der Waals surface area contributed by atoms with E-state index in [-0.39, 0.29) is 28.4 Å². The molecule has 1 heterocycles. The van der Waals surface area contributed by atoms with Crippen molar-refractivity contribution in [2.24, 2.45) is 5.92 Å². The van der Waals surface area contributed by atoms with Crippen LogP contribution in [0.5, 0.6) is 11.5 Å².